The van der Waals surface area contributed by atoms with Crippen LogP contribution in [0.5, 0.6) is 5.75 Å². The van der Waals surface area contributed by atoms with Crippen molar-refractivity contribution in [2.45, 2.75) is 6.92 Å². The van der Waals surface area contributed by atoms with Crippen molar-refractivity contribution in [3.05, 3.63) is 70.6 Å². The highest BCUT2D eigenvalue weighted by Gasteiger charge is 2.08. The molecular weight excluding hydrogens is 336 g/mol. The van der Waals surface area contributed by atoms with Gasteiger partial charge >= 0.3 is 5.97 Å². The average Bonchev–Trinajstić information content (AvgIpc) is 3.00. The predicted octanol–water partition coefficient (Wildman–Crippen LogP) is 3.70. The number of nitrogens with one attached hydrogen (secondary N) is 1. The van der Waals surface area contributed by atoms with Crippen LogP contribution in [0.2, 0.25) is 0 Å². The molecule has 0 aliphatic heterocycles. The van der Waals surface area contributed by atoms with E-state index in [9.17, 15) is 4.79 Å². The Morgan fingerprint density at radius 3 is 2.88 bits per heavy atom. The minimum absolute atomic E-state index is 0.394. The van der Waals surface area contributed by atoms with Crippen molar-refractivity contribution in [3.8, 4) is 5.75 Å². The van der Waals surface area contributed by atoms with Gasteiger partial charge in [0.05, 0.1) is 11.8 Å². The fourth-order valence-corrected chi connectivity index (χ4v) is 2.64. The second-order valence-electron chi connectivity index (χ2n) is 5.28. The maximum Gasteiger partial charge on any atom is 0.343 e. The largest absolute Gasteiger partial charge is 0.423 e. The highest BCUT2D eigenvalue weighted by molar-refractivity contribution is 7.14. The van der Waals surface area contributed by atoms with E-state index in [-0.39, 0.29) is 0 Å². The number of thiazole rings is 1. The van der Waals surface area contributed by atoms with Gasteiger partial charge in [0.2, 0.25) is 5.13 Å². The van der Waals surface area contributed by atoms with Gasteiger partial charge in [-0.05, 0) is 36.8 Å². The summed E-state index contributed by atoms with van der Waals surface area (Å²) >= 11 is 1.36. The summed E-state index contributed by atoms with van der Waals surface area (Å²) in [4.78, 5) is 16.2. The molecule has 0 radical (unpaired) electrons. The summed E-state index contributed by atoms with van der Waals surface area (Å²) in [7, 11) is 0. The van der Waals surface area contributed by atoms with Gasteiger partial charge in [0.1, 0.15) is 11.6 Å². The van der Waals surface area contributed by atoms with Gasteiger partial charge in [0, 0.05) is 5.38 Å². The van der Waals surface area contributed by atoms with Crippen LogP contribution in [-0.2, 0) is 0 Å². The van der Waals surface area contributed by atoms with Crippen molar-refractivity contribution in [1.82, 2.24) is 4.98 Å². The van der Waals surface area contributed by atoms with E-state index in [1.165, 1.54) is 11.3 Å². The predicted molar refractivity (Wildman–Crippen MR) is 100 cm³/mol. The van der Waals surface area contributed by atoms with Gasteiger partial charge < -0.3 is 10.5 Å². The molecule has 2 aromatic carbocycles. The van der Waals surface area contributed by atoms with E-state index in [1.54, 1.807) is 41.9 Å². The average molecular weight is 352 g/mol. The van der Waals surface area contributed by atoms with E-state index in [4.69, 9.17) is 10.5 Å². The second kappa shape index (κ2) is 7.59. The molecule has 0 bridgehead atoms. The number of anilines is 2. The zero-order valence-corrected chi connectivity index (χ0v) is 14.3. The standard InChI is InChI=1S/C18H16N4O2S/c1-12-4-2-6-14(8-12)17(23)24-15-7-3-5-13(9-15)10-20-22-18-21-16(19)11-25-18/h2-11H,19H2,1H3,(H,21,22). The van der Waals surface area contributed by atoms with E-state index >= 15 is 0 Å². The molecule has 0 unspecified atom stereocenters. The Kier molecular flexibility index (Phi) is 5.06. The molecule has 25 heavy (non-hydrogen) atoms. The second-order valence-corrected chi connectivity index (χ2v) is 6.14. The van der Waals surface area contributed by atoms with E-state index in [2.05, 4.69) is 15.5 Å². The van der Waals surface area contributed by atoms with Gasteiger partial charge in [-0.2, -0.15) is 5.10 Å². The molecule has 0 fully saturated rings. The number of carbonyl (C=O) groups excluding carboxylic acids is 1. The van der Waals surface area contributed by atoms with Crippen LogP contribution >= 0.6 is 11.3 Å². The number of hydrazone groups is 1. The van der Waals surface area contributed by atoms with E-state index < -0.39 is 5.97 Å². The third-order valence-corrected chi connectivity index (χ3v) is 3.98. The van der Waals surface area contributed by atoms with Crippen molar-refractivity contribution in [2.75, 3.05) is 11.2 Å². The fraction of sp³-hybridized carbons (Fsp3) is 0.0556. The van der Waals surface area contributed by atoms with Crippen molar-refractivity contribution in [2.24, 2.45) is 5.10 Å². The molecule has 0 spiro atoms. The molecule has 3 rings (SSSR count). The first-order chi connectivity index (χ1) is 12.1. The van der Waals surface area contributed by atoms with Crippen LogP contribution in [0.25, 0.3) is 0 Å². The van der Waals surface area contributed by atoms with Crippen LogP contribution in [0.1, 0.15) is 21.5 Å². The maximum atomic E-state index is 12.2. The number of ether oxygens (including phenoxy) is 1. The van der Waals surface area contributed by atoms with Gasteiger partial charge in [-0.3, -0.25) is 5.43 Å². The Morgan fingerprint density at radius 1 is 1.28 bits per heavy atom. The number of hydrogen-bond donors (Lipinski definition) is 2. The minimum Gasteiger partial charge on any atom is -0.423 e. The van der Waals surface area contributed by atoms with Gasteiger partial charge in [-0.1, -0.05) is 29.8 Å². The van der Waals surface area contributed by atoms with Crippen molar-refractivity contribution >= 4 is 34.5 Å². The quantitative estimate of drug-likeness (QED) is 0.316. The first-order valence-corrected chi connectivity index (χ1v) is 8.37. The Bertz CT molecular complexity index is 921. The van der Waals surface area contributed by atoms with E-state index in [1.807, 2.05) is 25.1 Å². The van der Waals surface area contributed by atoms with Crippen LogP contribution in [0.15, 0.2) is 59.0 Å². The molecule has 0 atom stereocenters. The van der Waals surface area contributed by atoms with Gasteiger partial charge in [0.25, 0.3) is 0 Å². The lowest BCUT2D eigenvalue weighted by atomic mass is 10.1. The zero-order chi connectivity index (χ0) is 17.6. The van der Waals surface area contributed by atoms with Crippen LogP contribution in [0.4, 0.5) is 10.9 Å². The number of aromatic nitrogens is 1. The Morgan fingerprint density at radius 2 is 2.12 bits per heavy atom. The Balaban J connectivity index is 1.65. The normalized spacial score (nSPS) is 10.8. The highest BCUT2D eigenvalue weighted by Crippen LogP contribution is 2.17. The fourth-order valence-electron chi connectivity index (χ4n) is 2.10. The Labute approximate surface area is 149 Å². The molecular formula is C18H16N4O2S. The smallest absolute Gasteiger partial charge is 0.343 e. The summed E-state index contributed by atoms with van der Waals surface area (Å²) in [5.41, 5.74) is 10.6. The molecule has 0 amide bonds. The van der Waals surface area contributed by atoms with E-state index in [0.717, 1.165) is 11.1 Å². The molecule has 0 saturated carbocycles. The summed E-state index contributed by atoms with van der Waals surface area (Å²) in [6.07, 6.45) is 1.61. The number of esters is 1. The monoisotopic (exact) mass is 352 g/mol. The number of nitrogens with two attached hydrogens (primary N) is 1. The summed E-state index contributed by atoms with van der Waals surface area (Å²) < 4.78 is 5.42. The lowest BCUT2D eigenvalue weighted by molar-refractivity contribution is 0.0734. The van der Waals surface area contributed by atoms with E-state index in [0.29, 0.717) is 22.3 Å². The molecule has 126 valence electrons. The lowest BCUT2D eigenvalue weighted by Crippen LogP contribution is -2.08. The third-order valence-electron chi connectivity index (χ3n) is 3.22. The SMILES string of the molecule is Cc1cccc(C(=O)Oc2cccc(C=NNc3nc(N)cs3)c2)c1. The molecule has 0 aliphatic carbocycles. The van der Waals surface area contributed by atoms with Crippen LogP contribution in [-0.4, -0.2) is 17.2 Å². The van der Waals surface area contributed by atoms with Crippen molar-refractivity contribution < 1.29 is 9.53 Å². The molecule has 1 aromatic heterocycles. The number of rotatable bonds is 5. The Hall–Kier alpha value is -3.19. The topological polar surface area (TPSA) is 89.6 Å². The number of aryl methyl sites for hydroxylation is 1. The number of nitrogen functional groups attached to an aromatic ring is 1. The van der Waals surface area contributed by atoms with Crippen molar-refractivity contribution in [3.63, 3.8) is 0 Å². The molecule has 6 nitrogen and oxygen atoms in total. The number of benzene rings is 2. The first kappa shape index (κ1) is 16.7. The van der Waals surface area contributed by atoms with Crippen LogP contribution < -0.4 is 15.9 Å². The molecule has 3 aromatic rings. The molecule has 3 N–H and O–H groups in total. The number of nitrogens with zero attached hydrogens (tertiary/aromatic N) is 2. The van der Waals surface area contributed by atoms with Crippen molar-refractivity contribution in [1.29, 1.82) is 0 Å². The first-order valence-electron chi connectivity index (χ1n) is 7.49. The number of hydrogen-bond acceptors (Lipinski definition) is 7. The molecule has 1 heterocycles. The molecule has 0 aliphatic rings. The van der Waals surface area contributed by atoms with Crippen LogP contribution in [0.3, 0.4) is 0 Å². The minimum atomic E-state index is -0.394. The molecule has 7 heteroatoms. The van der Waals surface area contributed by atoms with Gasteiger partial charge in [-0.15, -0.1) is 11.3 Å². The number of carbonyl (C=O) groups is 1. The maximum absolute atomic E-state index is 12.2. The summed E-state index contributed by atoms with van der Waals surface area (Å²) in [5, 5.41) is 6.42. The van der Waals surface area contributed by atoms with Gasteiger partial charge in [0.15, 0.2) is 0 Å². The van der Waals surface area contributed by atoms with Gasteiger partial charge in [-0.25, -0.2) is 9.78 Å². The summed E-state index contributed by atoms with van der Waals surface area (Å²) in [6.45, 7) is 1.93. The highest BCUT2D eigenvalue weighted by atomic mass is 32.1. The summed E-state index contributed by atoms with van der Waals surface area (Å²) in [6, 6.07) is 14.4. The third kappa shape index (κ3) is 4.65. The zero-order valence-electron chi connectivity index (χ0n) is 13.5. The van der Waals surface area contributed by atoms with Crippen LogP contribution in [0, 0.1) is 6.92 Å². The summed E-state index contributed by atoms with van der Waals surface area (Å²) in [5.74, 6) is 0.510. The lowest BCUT2D eigenvalue weighted by Gasteiger charge is -2.05. The molecule has 0 saturated heterocycles.